The number of carbonyl (C=O) groups is 1. The van der Waals surface area contributed by atoms with Gasteiger partial charge in [-0.25, -0.2) is 0 Å². The second-order valence-electron chi connectivity index (χ2n) is 4.11. The fourth-order valence-electron chi connectivity index (χ4n) is 1.52. The Bertz CT molecular complexity index is 207. The van der Waals surface area contributed by atoms with Crippen LogP contribution in [0.1, 0.15) is 58.3 Å². The molecule has 3 N–H and O–H groups in total. The second-order valence-corrected chi connectivity index (χ2v) is 4.64. The highest BCUT2D eigenvalue weighted by Crippen LogP contribution is 2.08. The third-order valence-electron chi connectivity index (χ3n) is 2.47. The molecule has 0 aromatic heterocycles. The maximum atomic E-state index is 11.3. The van der Waals surface area contributed by atoms with Crippen LogP contribution >= 0.6 is 12.2 Å². The molecule has 1 amide bonds. The summed E-state index contributed by atoms with van der Waals surface area (Å²) in [6, 6.07) is 0. The van der Waals surface area contributed by atoms with Crippen LogP contribution in [-0.2, 0) is 4.79 Å². The van der Waals surface area contributed by atoms with Crippen molar-refractivity contribution in [2.45, 2.75) is 58.3 Å². The number of hydrogen-bond donors (Lipinski definition) is 2. The van der Waals surface area contributed by atoms with Crippen molar-refractivity contribution in [2.75, 3.05) is 6.54 Å². The van der Waals surface area contributed by atoms with E-state index in [2.05, 4.69) is 24.5 Å². The third kappa shape index (κ3) is 11.4. The van der Waals surface area contributed by atoms with Crippen molar-refractivity contribution in [2.24, 2.45) is 5.73 Å². The molecule has 3 nitrogen and oxygen atoms in total. The molecule has 0 heterocycles. The van der Waals surface area contributed by atoms with Crippen LogP contribution in [0.3, 0.4) is 0 Å². The summed E-state index contributed by atoms with van der Waals surface area (Å²) < 4.78 is 0. The summed E-state index contributed by atoms with van der Waals surface area (Å²) in [5, 5.41) is 2.69. The lowest BCUT2D eigenvalue weighted by molar-refractivity contribution is -0.120. The van der Waals surface area contributed by atoms with Crippen LogP contribution < -0.4 is 11.1 Å². The Labute approximate surface area is 104 Å². The summed E-state index contributed by atoms with van der Waals surface area (Å²) in [4.78, 5) is 11.6. The van der Waals surface area contributed by atoms with Crippen LogP contribution in [0.2, 0.25) is 0 Å². The standard InChI is InChI=1S/C12H24N2OS/c1-2-3-4-5-6-7-8-9-12(15)14-10-11(13)16/h2-10H2,1H3,(H2,13,16)(H,14,15). The van der Waals surface area contributed by atoms with Gasteiger partial charge in [-0.3, -0.25) is 4.79 Å². The maximum Gasteiger partial charge on any atom is 0.220 e. The van der Waals surface area contributed by atoms with Crippen molar-refractivity contribution in [1.82, 2.24) is 5.32 Å². The van der Waals surface area contributed by atoms with Gasteiger partial charge in [-0.2, -0.15) is 0 Å². The molecule has 0 unspecified atom stereocenters. The quantitative estimate of drug-likeness (QED) is 0.458. The van der Waals surface area contributed by atoms with Gasteiger partial charge in [0, 0.05) is 6.42 Å². The van der Waals surface area contributed by atoms with Crippen LogP contribution in [0, 0.1) is 0 Å². The second kappa shape index (κ2) is 10.9. The van der Waals surface area contributed by atoms with Gasteiger partial charge in [0.2, 0.25) is 5.91 Å². The lowest BCUT2D eigenvalue weighted by atomic mass is 10.1. The van der Waals surface area contributed by atoms with E-state index in [0.29, 0.717) is 18.0 Å². The topological polar surface area (TPSA) is 55.1 Å². The fraction of sp³-hybridized carbons (Fsp3) is 0.833. The number of unbranched alkanes of at least 4 members (excludes halogenated alkanes) is 6. The number of nitrogens with one attached hydrogen (secondary N) is 1. The molecule has 0 rings (SSSR count). The van der Waals surface area contributed by atoms with Gasteiger partial charge in [0.15, 0.2) is 0 Å². The molecule has 0 aliphatic carbocycles. The Morgan fingerprint density at radius 1 is 1.12 bits per heavy atom. The predicted molar refractivity (Wildman–Crippen MR) is 72.4 cm³/mol. The monoisotopic (exact) mass is 244 g/mol. The van der Waals surface area contributed by atoms with E-state index >= 15 is 0 Å². The van der Waals surface area contributed by atoms with Gasteiger partial charge < -0.3 is 11.1 Å². The van der Waals surface area contributed by atoms with Gasteiger partial charge in [-0.05, 0) is 6.42 Å². The highest BCUT2D eigenvalue weighted by molar-refractivity contribution is 7.80. The Kier molecular flexibility index (Phi) is 10.4. The Hall–Kier alpha value is -0.640. The Balaban J connectivity index is 3.18. The first kappa shape index (κ1) is 15.4. The van der Waals surface area contributed by atoms with Crippen molar-refractivity contribution in [1.29, 1.82) is 0 Å². The van der Waals surface area contributed by atoms with E-state index in [1.807, 2.05) is 0 Å². The number of thiocarbonyl (C=S) groups is 1. The first-order valence-electron chi connectivity index (χ1n) is 6.21. The maximum absolute atomic E-state index is 11.3. The van der Waals surface area contributed by atoms with Gasteiger partial charge in [0.1, 0.15) is 0 Å². The van der Waals surface area contributed by atoms with E-state index in [1.165, 1.54) is 32.1 Å². The molecular weight excluding hydrogens is 220 g/mol. The summed E-state index contributed by atoms with van der Waals surface area (Å²) in [6.45, 7) is 2.54. The summed E-state index contributed by atoms with van der Waals surface area (Å²) in [5.74, 6) is 0.0568. The number of amides is 1. The van der Waals surface area contributed by atoms with E-state index in [9.17, 15) is 4.79 Å². The van der Waals surface area contributed by atoms with Crippen molar-refractivity contribution in [3.05, 3.63) is 0 Å². The zero-order valence-corrected chi connectivity index (χ0v) is 11.1. The van der Waals surface area contributed by atoms with Gasteiger partial charge in [0.25, 0.3) is 0 Å². The Morgan fingerprint density at radius 3 is 2.25 bits per heavy atom. The SMILES string of the molecule is CCCCCCCCCC(=O)NCC(N)=S. The van der Waals surface area contributed by atoms with Crippen LogP contribution in [0.5, 0.6) is 0 Å². The summed E-state index contributed by atoms with van der Waals surface area (Å²) >= 11 is 4.67. The largest absolute Gasteiger partial charge is 0.392 e. The van der Waals surface area contributed by atoms with Crippen LogP contribution in [0.15, 0.2) is 0 Å². The zero-order valence-electron chi connectivity index (χ0n) is 10.3. The minimum absolute atomic E-state index is 0.0568. The normalized spacial score (nSPS) is 10.1. The third-order valence-corrected chi connectivity index (χ3v) is 2.61. The van der Waals surface area contributed by atoms with Crippen molar-refractivity contribution < 1.29 is 4.79 Å². The average molecular weight is 244 g/mol. The molecule has 0 aliphatic rings. The lowest BCUT2D eigenvalue weighted by Crippen LogP contribution is -2.31. The molecule has 0 saturated carbocycles. The molecule has 0 atom stereocenters. The van der Waals surface area contributed by atoms with Crippen molar-refractivity contribution >= 4 is 23.1 Å². The molecule has 0 aliphatic heterocycles. The molecule has 16 heavy (non-hydrogen) atoms. The minimum atomic E-state index is 0.0568. The molecule has 0 fully saturated rings. The molecule has 4 heteroatoms. The Morgan fingerprint density at radius 2 is 1.69 bits per heavy atom. The molecule has 0 aromatic carbocycles. The summed E-state index contributed by atoms with van der Waals surface area (Å²) in [6.07, 6.45) is 9.17. The fourth-order valence-corrected chi connectivity index (χ4v) is 1.59. The van der Waals surface area contributed by atoms with Crippen LogP contribution in [-0.4, -0.2) is 17.4 Å². The van der Waals surface area contributed by atoms with Gasteiger partial charge >= 0.3 is 0 Å². The molecular formula is C12H24N2OS. The molecule has 94 valence electrons. The highest BCUT2D eigenvalue weighted by atomic mass is 32.1. The van der Waals surface area contributed by atoms with Crippen LogP contribution in [0.4, 0.5) is 0 Å². The summed E-state index contributed by atoms with van der Waals surface area (Å²) in [7, 11) is 0. The molecule has 0 aromatic rings. The molecule has 0 saturated heterocycles. The lowest BCUT2D eigenvalue weighted by Gasteiger charge is -2.03. The highest BCUT2D eigenvalue weighted by Gasteiger charge is 2.00. The van der Waals surface area contributed by atoms with E-state index < -0.39 is 0 Å². The number of rotatable bonds is 10. The average Bonchev–Trinajstić information content (AvgIpc) is 2.25. The van der Waals surface area contributed by atoms with E-state index in [4.69, 9.17) is 5.73 Å². The minimum Gasteiger partial charge on any atom is -0.392 e. The van der Waals surface area contributed by atoms with E-state index in [-0.39, 0.29) is 5.91 Å². The molecule has 0 bridgehead atoms. The predicted octanol–water partition coefficient (Wildman–Crippen LogP) is 2.53. The number of nitrogens with two attached hydrogens (primary N) is 1. The smallest absolute Gasteiger partial charge is 0.220 e. The first-order valence-corrected chi connectivity index (χ1v) is 6.62. The van der Waals surface area contributed by atoms with Gasteiger partial charge in [0.05, 0.1) is 11.5 Å². The first-order chi connectivity index (χ1) is 7.66. The van der Waals surface area contributed by atoms with Crippen LogP contribution in [0.25, 0.3) is 0 Å². The van der Waals surface area contributed by atoms with Gasteiger partial charge in [-0.1, -0.05) is 57.7 Å². The summed E-state index contributed by atoms with van der Waals surface area (Å²) in [5.41, 5.74) is 5.28. The zero-order chi connectivity index (χ0) is 12.2. The number of hydrogen-bond acceptors (Lipinski definition) is 2. The van der Waals surface area contributed by atoms with E-state index in [1.54, 1.807) is 0 Å². The van der Waals surface area contributed by atoms with Crippen molar-refractivity contribution in [3.8, 4) is 0 Å². The molecule has 0 spiro atoms. The van der Waals surface area contributed by atoms with Gasteiger partial charge in [-0.15, -0.1) is 0 Å². The van der Waals surface area contributed by atoms with E-state index in [0.717, 1.165) is 12.8 Å². The number of carbonyl (C=O) groups excluding carboxylic acids is 1. The molecule has 0 radical (unpaired) electrons. The van der Waals surface area contributed by atoms with Crippen molar-refractivity contribution in [3.63, 3.8) is 0 Å².